The molecule has 3 amide bonds. The number of rotatable bonds is 8. The molecule has 1 aliphatic carbocycles. The lowest BCUT2D eigenvalue weighted by molar-refractivity contribution is -0.150. The van der Waals surface area contributed by atoms with E-state index in [-0.39, 0.29) is 12.6 Å². The van der Waals surface area contributed by atoms with Crippen LogP contribution in [0.4, 0.5) is 4.79 Å². The number of nitrogens with one attached hydrogen (secondary N) is 2. The summed E-state index contributed by atoms with van der Waals surface area (Å²) in [5.74, 6) is -0.780. The summed E-state index contributed by atoms with van der Waals surface area (Å²) >= 11 is 0. The first kappa shape index (κ1) is 21.4. The van der Waals surface area contributed by atoms with Gasteiger partial charge in [0.1, 0.15) is 5.75 Å². The van der Waals surface area contributed by atoms with Crippen LogP contribution in [-0.4, -0.2) is 37.2 Å². The van der Waals surface area contributed by atoms with Crippen molar-refractivity contribution in [3.05, 3.63) is 65.7 Å². The van der Waals surface area contributed by atoms with Gasteiger partial charge in [0.25, 0.3) is 5.91 Å². The number of carbonyl (C=O) groups is 3. The molecule has 0 heterocycles. The number of hydrogen-bond acceptors (Lipinski definition) is 5. The van der Waals surface area contributed by atoms with E-state index in [1.165, 1.54) is 0 Å². The minimum atomic E-state index is -0.684. The fraction of sp³-hybridized carbons (Fsp3) is 0.348. The topological polar surface area (TPSA) is 93.7 Å². The summed E-state index contributed by atoms with van der Waals surface area (Å²) in [6, 6.07) is 16.9. The zero-order chi connectivity index (χ0) is 21.2. The Bertz CT molecular complexity index is 863. The van der Waals surface area contributed by atoms with Gasteiger partial charge in [0.2, 0.25) is 0 Å². The van der Waals surface area contributed by atoms with Gasteiger partial charge in [-0.05, 0) is 30.0 Å². The number of imide groups is 1. The van der Waals surface area contributed by atoms with Gasteiger partial charge in [0.15, 0.2) is 13.2 Å². The van der Waals surface area contributed by atoms with Crippen molar-refractivity contribution in [2.75, 3.05) is 13.2 Å². The van der Waals surface area contributed by atoms with E-state index in [0.29, 0.717) is 12.2 Å². The van der Waals surface area contributed by atoms with Crippen LogP contribution >= 0.6 is 0 Å². The summed E-state index contributed by atoms with van der Waals surface area (Å²) in [6.45, 7) is -0.862. The van der Waals surface area contributed by atoms with Crippen LogP contribution in [0.15, 0.2) is 54.6 Å². The molecule has 158 valence electrons. The van der Waals surface area contributed by atoms with Crippen molar-refractivity contribution in [3.8, 4) is 5.75 Å². The van der Waals surface area contributed by atoms with E-state index in [0.717, 1.165) is 36.8 Å². The number of benzene rings is 2. The number of urea groups is 1. The van der Waals surface area contributed by atoms with Gasteiger partial charge in [-0.3, -0.25) is 10.1 Å². The fourth-order valence-electron chi connectivity index (χ4n) is 3.39. The highest BCUT2D eigenvalue weighted by molar-refractivity contribution is 5.95. The van der Waals surface area contributed by atoms with Crippen molar-refractivity contribution >= 4 is 17.9 Å². The van der Waals surface area contributed by atoms with Gasteiger partial charge in [-0.25, -0.2) is 9.59 Å². The molecule has 0 radical (unpaired) electrons. The average molecular weight is 410 g/mol. The van der Waals surface area contributed by atoms with Crippen molar-refractivity contribution in [3.63, 3.8) is 0 Å². The number of esters is 1. The van der Waals surface area contributed by atoms with Crippen LogP contribution in [0.25, 0.3) is 0 Å². The lowest BCUT2D eigenvalue weighted by Crippen LogP contribution is -2.45. The van der Waals surface area contributed by atoms with E-state index in [9.17, 15) is 14.4 Å². The third-order valence-corrected chi connectivity index (χ3v) is 4.86. The molecule has 2 aromatic carbocycles. The van der Waals surface area contributed by atoms with Gasteiger partial charge < -0.3 is 14.8 Å². The molecule has 7 heteroatoms. The first-order chi connectivity index (χ1) is 14.6. The number of amides is 3. The summed E-state index contributed by atoms with van der Waals surface area (Å²) in [7, 11) is 0. The van der Waals surface area contributed by atoms with Crippen molar-refractivity contribution in [1.29, 1.82) is 0 Å². The van der Waals surface area contributed by atoms with Crippen LogP contribution in [0.3, 0.4) is 0 Å². The zero-order valence-corrected chi connectivity index (χ0v) is 16.8. The molecule has 0 spiro atoms. The van der Waals surface area contributed by atoms with E-state index >= 15 is 0 Å². The molecular weight excluding hydrogens is 384 g/mol. The largest absolute Gasteiger partial charge is 0.482 e. The maximum Gasteiger partial charge on any atom is 0.344 e. The molecule has 1 aliphatic rings. The van der Waals surface area contributed by atoms with Crippen LogP contribution in [0.5, 0.6) is 5.75 Å². The second-order valence-electron chi connectivity index (χ2n) is 7.22. The van der Waals surface area contributed by atoms with Crippen LogP contribution in [0, 0.1) is 0 Å². The molecule has 2 N–H and O–H groups in total. The van der Waals surface area contributed by atoms with Crippen molar-refractivity contribution < 1.29 is 23.9 Å². The Labute approximate surface area is 175 Å². The van der Waals surface area contributed by atoms with E-state index in [2.05, 4.69) is 10.6 Å². The standard InChI is InChI=1S/C23H26N2O5/c26-21(25-23(28)24-19-11-5-6-12-19)15-30-22(27)16-29-20-13-7-4-10-18(20)14-17-8-2-1-3-9-17/h1-4,7-10,13,19H,5-6,11-12,14-16H2,(H2,24,25,26,28). The van der Waals surface area contributed by atoms with Gasteiger partial charge in [0, 0.05) is 12.5 Å². The predicted octanol–water partition coefficient (Wildman–Crippen LogP) is 2.97. The zero-order valence-electron chi connectivity index (χ0n) is 16.8. The number of hydrogen-bond donors (Lipinski definition) is 2. The number of para-hydroxylation sites is 1. The highest BCUT2D eigenvalue weighted by atomic mass is 16.6. The second kappa shape index (κ2) is 11.0. The van der Waals surface area contributed by atoms with Crippen molar-refractivity contribution in [2.45, 2.75) is 38.1 Å². The van der Waals surface area contributed by atoms with Crippen LogP contribution in [0.2, 0.25) is 0 Å². The maximum absolute atomic E-state index is 11.9. The number of carbonyl (C=O) groups excluding carboxylic acids is 3. The van der Waals surface area contributed by atoms with E-state index in [4.69, 9.17) is 9.47 Å². The van der Waals surface area contributed by atoms with Gasteiger partial charge >= 0.3 is 12.0 Å². The average Bonchev–Trinajstić information content (AvgIpc) is 3.25. The second-order valence-corrected chi connectivity index (χ2v) is 7.22. The normalized spacial score (nSPS) is 13.5. The summed E-state index contributed by atoms with van der Waals surface area (Å²) in [5, 5.41) is 4.90. The van der Waals surface area contributed by atoms with E-state index in [1.807, 2.05) is 48.5 Å². The Morgan fingerprint density at radius 2 is 1.60 bits per heavy atom. The first-order valence-corrected chi connectivity index (χ1v) is 10.1. The lowest BCUT2D eigenvalue weighted by atomic mass is 10.0. The lowest BCUT2D eigenvalue weighted by Gasteiger charge is -2.13. The van der Waals surface area contributed by atoms with Gasteiger partial charge in [0.05, 0.1) is 0 Å². The summed E-state index contributed by atoms with van der Waals surface area (Å²) in [5.41, 5.74) is 2.07. The molecule has 0 aromatic heterocycles. The smallest absolute Gasteiger partial charge is 0.344 e. The Kier molecular flexibility index (Phi) is 7.83. The van der Waals surface area contributed by atoms with Gasteiger partial charge in [-0.1, -0.05) is 61.4 Å². The summed E-state index contributed by atoms with van der Waals surface area (Å²) in [6.07, 6.45) is 4.65. The van der Waals surface area contributed by atoms with E-state index < -0.39 is 24.5 Å². The highest BCUT2D eigenvalue weighted by Gasteiger charge is 2.18. The minimum absolute atomic E-state index is 0.102. The van der Waals surface area contributed by atoms with Crippen LogP contribution in [-0.2, 0) is 20.7 Å². The molecule has 0 saturated heterocycles. The van der Waals surface area contributed by atoms with E-state index in [1.54, 1.807) is 6.07 Å². The predicted molar refractivity (Wildman–Crippen MR) is 111 cm³/mol. The summed E-state index contributed by atoms with van der Waals surface area (Å²) < 4.78 is 10.5. The van der Waals surface area contributed by atoms with Crippen molar-refractivity contribution in [1.82, 2.24) is 10.6 Å². The monoisotopic (exact) mass is 410 g/mol. The fourth-order valence-corrected chi connectivity index (χ4v) is 3.39. The third-order valence-electron chi connectivity index (χ3n) is 4.86. The molecule has 0 atom stereocenters. The molecule has 1 saturated carbocycles. The Hall–Kier alpha value is -3.35. The van der Waals surface area contributed by atoms with Crippen LogP contribution in [0.1, 0.15) is 36.8 Å². The van der Waals surface area contributed by atoms with Gasteiger partial charge in [-0.2, -0.15) is 0 Å². The molecule has 2 aromatic rings. The summed E-state index contributed by atoms with van der Waals surface area (Å²) in [4.78, 5) is 35.4. The minimum Gasteiger partial charge on any atom is -0.482 e. The first-order valence-electron chi connectivity index (χ1n) is 10.1. The molecule has 0 aliphatic heterocycles. The maximum atomic E-state index is 11.9. The third kappa shape index (κ3) is 6.92. The van der Waals surface area contributed by atoms with Crippen molar-refractivity contribution in [2.24, 2.45) is 0 Å². The quantitative estimate of drug-likeness (QED) is 0.653. The highest BCUT2D eigenvalue weighted by Crippen LogP contribution is 2.21. The Morgan fingerprint density at radius 1 is 0.900 bits per heavy atom. The van der Waals surface area contributed by atoms with Crippen LogP contribution < -0.4 is 15.4 Å². The van der Waals surface area contributed by atoms with Gasteiger partial charge in [-0.15, -0.1) is 0 Å². The molecular formula is C23H26N2O5. The molecule has 3 rings (SSSR count). The molecule has 7 nitrogen and oxygen atoms in total. The molecule has 0 unspecified atom stereocenters. The Balaban J connectivity index is 1.40. The SMILES string of the molecule is O=C(COC(=O)COc1ccccc1Cc1ccccc1)NC(=O)NC1CCCC1. The molecule has 1 fully saturated rings. The molecule has 30 heavy (non-hydrogen) atoms. The molecule has 0 bridgehead atoms. The number of ether oxygens (including phenoxy) is 2. The Morgan fingerprint density at radius 3 is 2.37 bits per heavy atom.